The van der Waals surface area contributed by atoms with Crippen molar-refractivity contribution in [2.75, 3.05) is 19.8 Å². The van der Waals surface area contributed by atoms with Gasteiger partial charge in [-0.15, -0.1) is 0 Å². The van der Waals surface area contributed by atoms with Crippen LogP contribution in [0.4, 0.5) is 0 Å². The Hall–Kier alpha value is -2.38. The van der Waals surface area contributed by atoms with Crippen molar-refractivity contribution in [2.24, 2.45) is 0 Å². The minimum absolute atomic E-state index is 0.101. The SMILES string of the molecule is CCOC(=O)c1ccc(S(=O)(=O)NCCCOc2ccccc2)cc1. The van der Waals surface area contributed by atoms with Gasteiger partial charge in [-0.1, -0.05) is 18.2 Å². The molecule has 0 unspecified atom stereocenters. The zero-order chi connectivity index (χ0) is 18.1. The van der Waals surface area contributed by atoms with Crippen molar-refractivity contribution in [3.8, 4) is 5.75 Å². The van der Waals surface area contributed by atoms with E-state index in [4.69, 9.17) is 9.47 Å². The van der Waals surface area contributed by atoms with Crippen LogP contribution < -0.4 is 9.46 Å². The van der Waals surface area contributed by atoms with E-state index in [0.29, 0.717) is 18.6 Å². The van der Waals surface area contributed by atoms with Crippen LogP contribution in [-0.4, -0.2) is 34.1 Å². The normalized spacial score (nSPS) is 11.1. The lowest BCUT2D eigenvalue weighted by molar-refractivity contribution is 0.0526. The highest BCUT2D eigenvalue weighted by molar-refractivity contribution is 7.89. The summed E-state index contributed by atoms with van der Waals surface area (Å²) in [5.41, 5.74) is 0.317. The molecule has 0 atom stereocenters. The lowest BCUT2D eigenvalue weighted by Gasteiger charge is -2.09. The van der Waals surface area contributed by atoms with E-state index in [1.807, 2.05) is 30.3 Å². The van der Waals surface area contributed by atoms with Gasteiger partial charge in [-0.3, -0.25) is 0 Å². The number of para-hydroxylation sites is 1. The molecule has 25 heavy (non-hydrogen) atoms. The van der Waals surface area contributed by atoms with Gasteiger partial charge in [0.25, 0.3) is 0 Å². The molecular formula is C18H21NO5S. The summed E-state index contributed by atoms with van der Waals surface area (Å²) in [7, 11) is -3.62. The molecule has 2 aromatic carbocycles. The molecule has 0 aliphatic heterocycles. The summed E-state index contributed by atoms with van der Waals surface area (Å²) in [5.74, 6) is 0.275. The molecule has 7 heteroatoms. The zero-order valence-electron chi connectivity index (χ0n) is 14.0. The van der Waals surface area contributed by atoms with E-state index in [1.165, 1.54) is 24.3 Å². The predicted molar refractivity (Wildman–Crippen MR) is 94.1 cm³/mol. The summed E-state index contributed by atoms with van der Waals surface area (Å²) in [4.78, 5) is 11.7. The maximum absolute atomic E-state index is 12.2. The van der Waals surface area contributed by atoms with Crippen molar-refractivity contribution >= 4 is 16.0 Å². The largest absolute Gasteiger partial charge is 0.494 e. The number of hydrogen-bond acceptors (Lipinski definition) is 5. The third-order valence-corrected chi connectivity index (χ3v) is 4.78. The lowest BCUT2D eigenvalue weighted by atomic mass is 10.2. The number of hydrogen-bond donors (Lipinski definition) is 1. The van der Waals surface area contributed by atoms with Gasteiger partial charge in [-0.05, 0) is 49.7 Å². The molecule has 0 aliphatic carbocycles. The number of benzene rings is 2. The summed E-state index contributed by atoms with van der Waals surface area (Å²) in [5, 5.41) is 0. The van der Waals surface area contributed by atoms with Crippen molar-refractivity contribution in [1.29, 1.82) is 0 Å². The van der Waals surface area contributed by atoms with Gasteiger partial charge in [0.2, 0.25) is 10.0 Å². The lowest BCUT2D eigenvalue weighted by Crippen LogP contribution is -2.26. The van der Waals surface area contributed by atoms with E-state index in [0.717, 1.165) is 5.75 Å². The topological polar surface area (TPSA) is 81.7 Å². The highest BCUT2D eigenvalue weighted by Gasteiger charge is 2.14. The number of nitrogens with one attached hydrogen (secondary N) is 1. The van der Waals surface area contributed by atoms with Crippen molar-refractivity contribution in [3.63, 3.8) is 0 Å². The average Bonchev–Trinajstić information content (AvgIpc) is 2.62. The van der Waals surface area contributed by atoms with E-state index in [-0.39, 0.29) is 18.0 Å². The number of esters is 1. The van der Waals surface area contributed by atoms with Crippen LogP contribution in [-0.2, 0) is 14.8 Å². The Kier molecular flexibility index (Phi) is 6.97. The fraction of sp³-hybridized carbons (Fsp3) is 0.278. The molecule has 0 radical (unpaired) electrons. The molecular weight excluding hydrogens is 342 g/mol. The molecule has 0 spiro atoms. The third kappa shape index (κ3) is 5.88. The summed E-state index contributed by atoms with van der Waals surface area (Å²) < 4.78 is 37.3. The Balaban J connectivity index is 1.81. The Labute approximate surface area is 147 Å². The van der Waals surface area contributed by atoms with Gasteiger partial charge >= 0.3 is 5.97 Å². The van der Waals surface area contributed by atoms with Crippen LogP contribution in [0.15, 0.2) is 59.5 Å². The van der Waals surface area contributed by atoms with Crippen LogP contribution in [0.1, 0.15) is 23.7 Å². The van der Waals surface area contributed by atoms with Crippen LogP contribution in [0.3, 0.4) is 0 Å². The van der Waals surface area contributed by atoms with Crippen molar-refractivity contribution in [3.05, 3.63) is 60.2 Å². The van der Waals surface area contributed by atoms with E-state index in [2.05, 4.69) is 4.72 Å². The molecule has 0 bridgehead atoms. The monoisotopic (exact) mass is 363 g/mol. The second-order valence-corrected chi connectivity index (χ2v) is 6.92. The molecule has 0 heterocycles. The van der Waals surface area contributed by atoms with Gasteiger partial charge in [-0.25, -0.2) is 17.9 Å². The average molecular weight is 363 g/mol. The van der Waals surface area contributed by atoms with Gasteiger partial charge < -0.3 is 9.47 Å². The summed E-state index contributed by atoms with van der Waals surface area (Å²) >= 11 is 0. The second kappa shape index (κ2) is 9.19. The molecule has 2 rings (SSSR count). The highest BCUT2D eigenvalue weighted by atomic mass is 32.2. The Bertz CT molecular complexity index is 773. The maximum Gasteiger partial charge on any atom is 0.338 e. The van der Waals surface area contributed by atoms with Crippen molar-refractivity contribution in [2.45, 2.75) is 18.2 Å². The standard InChI is InChI=1S/C18H21NO5S/c1-2-23-18(20)15-9-11-17(12-10-15)25(21,22)19-13-6-14-24-16-7-4-3-5-8-16/h3-5,7-12,19H,2,6,13-14H2,1H3. The van der Waals surface area contributed by atoms with Crippen LogP contribution >= 0.6 is 0 Å². The smallest absolute Gasteiger partial charge is 0.338 e. The fourth-order valence-corrected chi connectivity index (χ4v) is 3.13. The van der Waals surface area contributed by atoms with Crippen LogP contribution in [0.5, 0.6) is 5.75 Å². The molecule has 134 valence electrons. The van der Waals surface area contributed by atoms with Gasteiger partial charge in [0.15, 0.2) is 0 Å². The molecule has 1 N–H and O–H groups in total. The number of rotatable bonds is 9. The molecule has 6 nitrogen and oxygen atoms in total. The third-order valence-electron chi connectivity index (χ3n) is 3.30. The first kappa shape index (κ1) is 19.0. The molecule has 0 aliphatic rings. The molecule has 0 fully saturated rings. The fourth-order valence-electron chi connectivity index (χ4n) is 2.05. The summed E-state index contributed by atoms with van der Waals surface area (Å²) in [6, 6.07) is 15.0. The minimum Gasteiger partial charge on any atom is -0.494 e. The van der Waals surface area contributed by atoms with Gasteiger partial charge in [0, 0.05) is 6.54 Å². The Morgan fingerprint density at radius 2 is 1.72 bits per heavy atom. The molecule has 0 saturated carbocycles. The Morgan fingerprint density at radius 3 is 2.36 bits per heavy atom. The Morgan fingerprint density at radius 1 is 1.04 bits per heavy atom. The van der Waals surface area contributed by atoms with Crippen LogP contribution in [0.25, 0.3) is 0 Å². The quantitative estimate of drug-likeness (QED) is 0.547. The van der Waals surface area contributed by atoms with E-state index in [1.54, 1.807) is 6.92 Å². The number of carbonyl (C=O) groups is 1. The van der Waals surface area contributed by atoms with Gasteiger partial charge in [-0.2, -0.15) is 0 Å². The molecule has 0 amide bonds. The van der Waals surface area contributed by atoms with Gasteiger partial charge in [0.05, 0.1) is 23.7 Å². The first-order valence-corrected chi connectivity index (χ1v) is 9.46. The van der Waals surface area contributed by atoms with Crippen molar-refractivity contribution in [1.82, 2.24) is 4.72 Å². The maximum atomic E-state index is 12.2. The molecule has 2 aromatic rings. The molecule has 0 saturated heterocycles. The second-order valence-electron chi connectivity index (χ2n) is 5.16. The van der Waals surface area contributed by atoms with Gasteiger partial charge in [0.1, 0.15) is 5.75 Å². The first-order valence-electron chi connectivity index (χ1n) is 7.97. The first-order chi connectivity index (χ1) is 12.0. The summed E-state index contributed by atoms with van der Waals surface area (Å²) in [6.07, 6.45) is 0.537. The number of ether oxygens (including phenoxy) is 2. The minimum atomic E-state index is -3.62. The van der Waals surface area contributed by atoms with Crippen molar-refractivity contribution < 1.29 is 22.7 Å². The number of sulfonamides is 1. The van der Waals surface area contributed by atoms with E-state index < -0.39 is 16.0 Å². The zero-order valence-corrected chi connectivity index (χ0v) is 14.8. The molecule has 0 aromatic heterocycles. The van der Waals surface area contributed by atoms with Crippen LogP contribution in [0.2, 0.25) is 0 Å². The summed E-state index contributed by atoms with van der Waals surface area (Å²) in [6.45, 7) is 2.65. The highest BCUT2D eigenvalue weighted by Crippen LogP contribution is 2.12. The predicted octanol–water partition coefficient (Wildman–Crippen LogP) is 2.61. The number of carbonyl (C=O) groups excluding carboxylic acids is 1. The van der Waals surface area contributed by atoms with Crippen LogP contribution in [0, 0.1) is 0 Å². The van der Waals surface area contributed by atoms with E-state index in [9.17, 15) is 13.2 Å². The van der Waals surface area contributed by atoms with E-state index >= 15 is 0 Å².